The second-order valence-electron chi connectivity index (χ2n) is 5.23. The number of thioether (sulfide) groups is 1. The number of aromatic nitrogens is 1. The predicted octanol–water partition coefficient (Wildman–Crippen LogP) is 4.61. The van der Waals surface area contributed by atoms with Crippen molar-refractivity contribution in [3.63, 3.8) is 0 Å². The number of anilines is 1. The molecular formula is C16H13F3N2OS. The van der Waals surface area contributed by atoms with Gasteiger partial charge in [0, 0.05) is 15.7 Å². The first-order chi connectivity index (χ1) is 10.9. The Hall–Kier alpha value is -2.02. The average molecular weight is 338 g/mol. The van der Waals surface area contributed by atoms with Gasteiger partial charge in [0.25, 0.3) is 5.91 Å². The SMILES string of the molecule is O=C(Nc1ccc(C(F)(F)F)nc1)c1ccc(SC2CC2)cc1. The van der Waals surface area contributed by atoms with Crippen molar-refractivity contribution in [1.82, 2.24) is 4.98 Å². The maximum atomic E-state index is 12.4. The molecule has 120 valence electrons. The highest BCUT2D eigenvalue weighted by Crippen LogP contribution is 2.39. The number of pyridine rings is 1. The highest BCUT2D eigenvalue weighted by molar-refractivity contribution is 8.00. The molecule has 1 fully saturated rings. The average Bonchev–Trinajstić information content (AvgIpc) is 3.31. The van der Waals surface area contributed by atoms with E-state index in [1.54, 1.807) is 23.9 Å². The Morgan fingerprint density at radius 3 is 2.35 bits per heavy atom. The zero-order chi connectivity index (χ0) is 16.4. The molecule has 0 spiro atoms. The fourth-order valence-corrected chi connectivity index (χ4v) is 2.95. The van der Waals surface area contributed by atoms with Gasteiger partial charge in [0.2, 0.25) is 0 Å². The van der Waals surface area contributed by atoms with Crippen molar-refractivity contribution in [2.75, 3.05) is 5.32 Å². The summed E-state index contributed by atoms with van der Waals surface area (Å²) in [7, 11) is 0. The number of halogens is 3. The largest absolute Gasteiger partial charge is 0.433 e. The van der Waals surface area contributed by atoms with Crippen LogP contribution < -0.4 is 5.32 Å². The summed E-state index contributed by atoms with van der Waals surface area (Å²) < 4.78 is 37.3. The predicted molar refractivity (Wildman–Crippen MR) is 82.5 cm³/mol. The van der Waals surface area contributed by atoms with Gasteiger partial charge < -0.3 is 5.32 Å². The first-order valence-corrected chi connectivity index (χ1v) is 7.91. The lowest BCUT2D eigenvalue weighted by molar-refractivity contribution is -0.141. The van der Waals surface area contributed by atoms with Gasteiger partial charge in [-0.15, -0.1) is 11.8 Å². The van der Waals surface area contributed by atoms with Gasteiger partial charge in [0.15, 0.2) is 0 Å². The van der Waals surface area contributed by atoms with Gasteiger partial charge in [-0.2, -0.15) is 13.2 Å². The van der Waals surface area contributed by atoms with E-state index in [1.807, 2.05) is 12.1 Å². The van der Waals surface area contributed by atoms with Crippen molar-refractivity contribution >= 4 is 23.4 Å². The number of amides is 1. The normalized spacial score (nSPS) is 14.6. The molecule has 23 heavy (non-hydrogen) atoms. The molecule has 2 aromatic rings. The van der Waals surface area contributed by atoms with E-state index in [4.69, 9.17) is 0 Å². The van der Waals surface area contributed by atoms with Gasteiger partial charge in [0.1, 0.15) is 5.69 Å². The summed E-state index contributed by atoms with van der Waals surface area (Å²) in [5, 5.41) is 3.22. The van der Waals surface area contributed by atoms with Crippen molar-refractivity contribution in [1.29, 1.82) is 0 Å². The van der Waals surface area contributed by atoms with Gasteiger partial charge >= 0.3 is 6.18 Å². The molecule has 1 amide bonds. The van der Waals surface area contributed by atoms with Crippen molar-refractivity contribution < 1.29 is 18.0 Å². The molecule has 0 saturated heterocycles. The minimum absolute atomic E-state index is 0.222. The lowest BCUT2D eigenvalue weighted by atomic mass is 10.2. The number of carbonyl (C=O) groups excluding carboxylic acids is 1. The minimum Gasteiger partial charge on any atom is -0.321 e. The van der Waals surface area contributed by atoms with E-state index in [1.165, 1.54) is 18.9 Å². The Kier molecular flexibility index (Phi) is 4.30. The molecule has 3 nitrogen and oxygen atoms in total. The van der Waals surface area contributed by atoms with Gasteiger partial charge in [-0.25, -0.2) is 4.98 Å². The fourth-order valence-electron chi connectivity index (χ4n) is 1.90. The van der Waals surface area contributed by atoms with E-state index >= 15 is 0 Å². The quantitative estimate of drug-likeness (QED) is 0.885. The van der Waals surface area contributed by atoms with Crippen LogP contribution in [-0.4, -0.2) is 16.1 Å². The number of hydrogen-bond donors (Lipinski definition) is 1. The highest BCUT2D eigenvalue weighted by Gasteiger charge is 2.32. The zero-order valence-electron chi connectivity index (χ0n) is 11.9. The third-order valence-corrected chi connectivity index (χ3v) is 4.60. The summed E-state index contributed by atoms with van der Waals surface area (Å²) in [5.41, 5.74) is -0.318. The summed E-state index contributed by atoms with van der Waals surface area (Å²) in [5.74, 6) is -0.380. The molecule has 0 radical (unpaired) electrons. The Morgan fingerprint density at radius 1 is 1.13 bits per heavy atom. The lowest BCUT2D eigenvalue weighted by Crippen LogP contribution is -2.13. The molecule has 1 saturated carbocycles. The first-order valence-electron chi connectivity index (χ1n) is 7.03. The number of benzene rings is 1. The van der Waals surface area contributed by atoms with Gasteiger partial charge in [-0.1, -0.05) is 0 Å². The van der Waals surface area contributed by atoms with E-state index in [0.29, 0.717) is 10.8 Å². The molecule has 0 bridgehead atoms. The number of rotatable bonds is 4. The molecule has 3 rings (SSSR count). The molecule has 0 atom stereocenters. The molecule has 0 aliphatic heterocycles. The Balaban J connectivity index is 1.63. The lowest BCUT2D eigenvalue weighted by Gasteiger charge is -2.08. The van der Waals surface area contributed by atoms with Crippen LogP contribution in [0.25, 0.3) is 0 Å². The van der Waals surface area contributed by atoms with Crippen LogP contribution in [-0.2, 0) is 6.18 Å². The topological polar surface area (TPSA) is 42.0 Å². The van der Waals surface area contributed by atoms with Crippen LogP contribution in [0.1, 0.15) is 28.9 Å². The van der Waals surface area contributed by atoms with Crippen LogP contribution in [0.5, 0.6) is 0 Å². The Morgan fingerprint density at radius 2 is 1.83 bits per heavy atom. The molecule has 1 aliphatic carbocycles. The molecule has 1 aliphatic rings. The summed E-state index contributed by atoms with van der Waals surface area (Å²) in [6.07, 6.45) is -1.03. The number of nitrogens with one attached hydrogen (secondary N) is 1. The van der Waals surface area contributed by atoms with E-state index in [9.17, 15) is 18.0 Å². The Bertz CT molecular complexity index is 695. The van der Waals surface area contributed by atoms with Crippen LogP contribution in [0.15, 0.2) is 47.5 Å². The molecule has 0 unspecified atom stereocenters. The number of alkyl halides is 3. The third kappa shape index (κ3) is 4.25. The molecule has 7 heteroatoms. The zero-order valence-corrected chi connectivity index (χ0v) is 12.7. The third-order valence-electron chi connectivity index (χ3n) is 3.26. The maximum absolute atomic E-state index is 12.4. The number of hydrogen-bond acceptors (Lipinski definition) is 3. The van der Waals surface area contributed by atoms with Crippen molar-refractivity contribution in [3.8, 4) is 0 Å². The minimum atomic E-state index is -4.49. The van der Waals surface area contributed by atoms with Crippen LogP contribution in [0.4, 0.5) is 18.9 Å². The van der Waals surface area contributed by atoms with E-state index in [0.717, 1.165) is 17.2 Å². The van der Waals surface area contributed by atoms with Crippen LogP contribution in [0.2, 0.25) is 0 Å². The van der Waals surface area contributed by atoms with Crippen LogP contribution in [0, 0.1) is 0 Å². The summed E-state index contributed by atoms with van der Waals surface area (Å²) in [6.45, 7) is 0. The van der Waals surface area contributed by atoms with Gasteiger partial charge in [-0.3, -0.25) is 4.79 Å². The van der Waals surface area contributed by atoms with Crippen LogP contribution >= 0.6 is 11.8 Å². The highest BCUT2D eigenvalue weighted by atomic mass is 32.2. The van der Waals surface area contributed by atoms with Gasteiger partial charge in [0.05, 0.1) is 11.9 Å². The maximum Gasteiger partial charge on any atom is 0.433 e. The van der Waals surface area contributed by atoms with Crippen molar-refractivity contribution in [3.05, 3.63) is 53.9 Å². The Labute approximate surface area is 135 Å². The number of carbonyl (C=O) groups is 1. The smallest absolute Gasteiger partial charge is 0.321 e. The molecule has 1 N–H and O–H groups in total. The van der Waals surface area contributed by atoms with E-state index in [-0.39, 0.29) is 11.6 Å². The molecule has 1 aromatic heterocycles. The summed E-state index contributed by atoms with van der Waals surface area (Å²) in [4.78, 5) is 16.5. The second kappa shape index (κ2) is 6.23. The van der Waals surface area contributed by atoms with Crippen LogP contribution in [0.3, 0.4) is 0 Å². The standard InChI is InChI=1S/C16H13F3N2OS/c17-16(18,19)14-8-3-11(9-20-14)21-15(22)10-1-4-12(5-2-10)23-13-6-7-13/h1-5,8-9,13H,6-7H2,(H,21,22). The van der Waals surface area contributed by atoms with Crippen molar-refractivity contribution in [2.45, 2.75) is 29.2 Å². The summed E-state index contributed by atoms with van der Waals surface area (Å²) >= 11 is 1.79. The molecule has 1 heterocycles. The number of nitrogens with zero attached hydrogens (tertiary/aromatic N) is 1. The van der Waals surface area contributed by atoms with E-state index in [2.05, 4.69) is 10.3 Å². The summed E-state index contributed by atoms with van der Waals surface area (Å²) in [6, 6.07) is 9.19. The molecule has 1 aromatic carbocycles. The second-order valence-corrected chi connectivity index (χ2v) is 6.60. The fraction of sp³-hybridized carbons (Fsp3) is 0.250. The first kappa shape index (κ1) is 15.9. The monoisotopic (exact) mass is 338 g/mol. The van der Waals surface area contributed by atoms with Crippen molar-refractivity contribution in [2.24, 2.45) is 0 Å². The molecular weight excluding hydrogens is 325 g/mol. The van der Waals surface area contributed by atoms with Gasteiger partial charge in [-0.05, 0) is 49.2 Å². The van der Waals surface area contributed by atoms with E-state index < -0.39 is 11.9 Å².